The van der Waals surface area contributed by atoms with Gasteiger partial charge in [0.25, 0.3) is 5.91 Å². The molecule has 0 aliphatic carbocycles. The second-order valence-electron chi connectivity index (χ2n) is 4.92. The fourth-order valence-corrected chi connectivity index (χ4v) is 3.24. The maximum absolute atomic E-state index is 12.3. The summed E-state index contributed by atoms with van der Waals surface area (Å²) in [6.07, 6.45) is 0.752. The van der Waals surface area contributed by atoms with Gasteiger partial charge in [-0.1, -0.05) is 18.2 Å². The Bertz CT molecular complexity index is 562. The van der Waals surface area contributed by atoms with E-state index < -0.39 is 0 Å². The van der Waals surface area contributed by atoms with E-state index in [1.165, 1.54) is 0 Å². The molecule has 1 amide bonds. The third-order valence-corrected chi connectivity index (χ3v) is 4.05. The average molecular weight is 282 g/mol. The number of hydrogen-bond donors (Lipinski definition) is 1. The molecule has 1 aromatic heterocycles. The number of thiophene rings is 1. The Hall–Kier alpha value is -1.06. The van der Waals surface area contributed by atoms with Crippen molar-refractivity contribution in [2.24, 2.45) is 0 Å². The van der Waals surface area contributed by atoms with Crippen LogP contribution in [0, 0.1) is 0 Å². The monoisotopic (exact) mass is 281 g/mol. The van der Waals surface area contributed by atoms with Gasteiger partial charge >= 0.3 is 0 Å². The van der Waals surface area contributed by atoms with Gasteiger partial charge in [-0.15, -0.1) is 22.9 Å². The average Bonchev–Trinajstić information content (AvgIpc) is 2.71. The molecule has 0 radical (unpaired) electrons. The molecule has 1 N–H and O–H groups in total. The first kappa shape index (κ1) is 13.4. The highest BCUT2D eigenvalue weighted by atomic mass is 35.5. The van der Waals surface area contributed by atoms with E-state index in [4.69, 9.17) is 11.6 Å². The normalized spacial score (nSPS) is 11.7. The lowest BCUT2D eigenvalue weighted by Crippen LogP contribution is -2.43. The number of carbonyl (C=O) groups excluding carboxylic acids is 1. The summed E-state index contributed by atoms with van der Waals surface area (Å²) in [6.45, 7) is 3.98. The van der Waals surface area contributed by atoms with Crippen molar-refractivity contribution in [1.29, 1.82) is 0 Å². The molecular weight excluding hydrogens is 266 g/mol. The molecule has 0 saturated carbocycles. The van der Waals surface area contributed by atoms with Crippen molar-refractivity contribution in [3.8, 4) is 0 Å². The molecule has 0 atom stereocenters. The van der Waals surface area contributed by atoms with Crippen LogP contribution in [0.1, 0.15) is 30.6 Å². The van der Waals surface area contributed by atoms with Crippen molar-refractivity contribution in [3.63, 3.8) is 0 Å². The number of rotatable bonds is 4. The second-order valence-corrected chi connectivity index (χ2v) is 6.21. The van der Waals surface area contributed by atoms with Crippen molar-refractivity contribution in [2.45, 2.75) is 25.8 Å². The molecule has 0 fully saturated rings. The van der Waals surface area contributed by atoms with Crippen molar-refractivity contribution < 1.29 is 4.79 Å². The van der Waals surface area contributed by atoms with Crippen LogP contribution in [0.2, 0.25) is 0 Å². The van der Waals surface area contributed by atoms with Crippen LogP contribution in [-0.4, -0.2) is 17.3 Å². The number of carbonyl (C=O) groups is 1. The smallest absolute Gasteiger partial charge is 0.253 e. The molecule has 2 nitrogen and oxygen atoms in total. The van der Waals surface area contributed by atoms with Crippen molar-refractivity contribution in [2.75, 3.05) is 5.88 Å². The predicted molar refractivity (Wildman–Crippen MR) is 78.7 cm³/mol. The van der Waals surface area contributed by atoms with Crippen molar-refractivity contribution in [3.05, 3.63) is 35.2 Å². The summed E-state index contributed by atoms with van der Waals surface area (Å²) in [7, 11) is 0. The van der Waals surface area contributed by atoms with Crippen molar-refractivity contribution >= 4 is 38.9 Å². The standard InChI is InChI=1S/C14H16ClNOS/c1-14(2,7-8-15)16-13(17)11-9-18-12-6-4-3-5-10(11)12/h3-6,9H,7-8H2,1-2H3,(H,16,17). The highest BCUT2D eigenvalue weighted by Crippen LogP contribution is 2.26. The van der Waals surface area contributed by atoms with Crippen LogP contribution in [0.3, 0.4) is 0 Å². The van der Waals surface area contributed by atoms with Gasteiger partial charge in [-0.3, -0.25) is 4.79 Å². The number of halogens is 1. The molecule has 2 rings (SSSR count). The van der Waals surface area contributed by atoms with Crippen LogP contribution in [-0.2, 0) is 0 Å². The fourth-order valence-electron chi connectivity index (χ4n) is 1.83. The molecule has 4 heteroatoms. The molecular formula is C14H16ClNOS. The lowest BCUT2D eigenvalue weighted by Gasteiger charge is -2.25. The minimum absolute atomic E-state index is 0.0254. The van der Waals surface area contributed by atoms with Crippen LogP contribution < -0.4 is 5.32 Å². The number of amides is 1. The Morgan fingerprint density at radius 3 is 2.83 bits per heavy atom. The van der Waals surface area contributed by atoms with E-state index in [-0.39, 0.29) is 11.4 Å². The van der Waals surface area contributed by atoms with Gasteiger partial charge in [0, 0.05) is 26.9 Å². The third-order valence-electron chi connectivity index (χ3n) is 2.90. The van der Waals surface area contributed by atoms with Gasteiger partial charge in [-0.25, -0.2) is 0 Å². The van der Waals surface area contributed by atoms with Gasteiger partial charge in [0.15, 0.2) is 0 Å². The molecule has 0 aliphatic rings. The fraction of sp³-hybridized carbons (Fsp3) is 0.357. The summed E-state index contributed by atoms with van der Waals surface area (Å²) in [5.74, 6) is 0.514. The second kappa shape index (κ2) is 5.29. The van der Waals surface area contributed by atoms with Gasteiger partial charge < -0.3 is 5.32 Å². The van der Waals surface area contributed by atoms with E-state index in [0.717, 1.165) is 22.1 Å². The molecule has 0 spiro atoms. The Balaban J connectivity index is 2.24. The summed E-state index contributed by atoms with van der Waals surface area (Å²) in [5, 5.41) is 5.96. The maximum Gasteiger partial charge on any atom is 0.253 e. The van der Waals surface area contributed by atoms with Gasteiger partial charge in [0.05, 0.1) is 5.56 Å². The van der Waals surface area contributed by atoms with Crippen LogP contribution in [0.4, 0.5) is 0 Å². The van der Waals surface area contributed by atoms with Crippen LogP contribution >= 0.6 is 22.9 Å². The van der Waals surface area contributed by atoms with Gasteiger partial charge in [0.2, 0.25) is 0 Å². The summed E-state index contributed by atoms with van der Waals surface area (Å²) in [4.78, 5) is 12.3. The Morgan fingerprint density at radius 1 is 1.39 bits per heavy atom. The Labute approximate surface area is 116 Å². The molecule has 96 valence electrons. The number of fused-ring (bicyclic) bond motifs is 1. The number of alkyl halides is 1. The minimum Gasteiger partial charge on any atom is -0.347 e. The number of nitrogens with one attached hydrogen (secondary N) is 1. The van der Waals surface area contributed by atoms with E-state index >= 15 is 0 Å². The van der Waals surface area contributed by atoms with E-state index in [9.17, 15) is 4.79 Å². The lowest BCUT2D eigenvalue weighted by molar-refractivity contribution is 0.0914. The summed E-state index contributed by atoms with van der Waals surface area (Å²) in [5.41, 5.74) is 0.472. The van der Waals surface area contributed by atoms with E-state index in [1.807, 2.05) is 43.5 Å². The zero-order valence-electron chi connectivity index (χ0n) is 10.5. The molecule has 0 bridgehead atoms. The van der Waals surface area contributed by atoms with Crippen LogP contribution in [0.15, 0.2) is 29.6 Å². The Morgan fingerprint density at radius 2 is 2.11 bits per heavy atom. The molecule has 1 aromatic carbocycles. The summed E-state index contributed by atoms with van der Waals surface area (Å²) >= 11 is 7.33. The molecule has 0 saturated heterocycles. The van der Waals surface area contributed by atoms with Gasteiger partial charge in [-0.2, -0.15) is 0 Å². The van der Waals surface area contributed by atoms with Gasteiger partial charge in [-0.05, 0) is 26.3 Å². The first-order chi connectivity index (χ1) is 8.53. The molecule has 2 aromatic rings. The first-order valence-electron chi connectivity index (χ1n) is 5.88. The molecule has 18 heavy (non-hydrogen) atoms. The van der Waals surface area contributed by atoms with Gasteiger partial charge in [0.1, 0.15) is 0 Å². The minimum atomic E-state index is -0.276. The number of benzene rings is 1. The quantitative estimate of drug-likeness (QED) is 0.842. The van der Waals surface area contributed by atoms with Crippen LogP contribution in [0.25, 0.3) is 10.1 Å². The van der Waals surface area contributed by atoms with E-state index in [2.05, 4.69) is 5.32 Å². The number of hydrogen-bond acceptors (Lipinski definition) is 2. The highest BCUT2D eigenvalue weighted by molar-refractivity contribution is 7.17. The zero-order chi connectivity index (χ0) is 13.2. The predicted octanol–water partition coefficient (Wildman–Crippen LogP) is 4.04. The SMILES string of the molecule is CC(C)(CCCl)NC(=O)c1csc2ccccc12. The lowest BCUT2D eigenvalue weighted by atomic mass is 10.0. The summed E-state index contributed by atoms with van der Waals surface area (Å²) in [6, 6.07) is 7.95. The summed E-state index contributed by atoms with van der Waals surface area (Å²) < 4.78 is 1.14. The topological polar surface area (TPSA) is 29.1 Å². The highest BCUT2D eigenvalue weighted by Gasteiger charge is 2.21. The molecule has 1 heterocycles. The molecule has 0 aliphatic heterocycles. The zero-order valence-corrected chi connectivity index (χ0v) is 12.1. The third kappa shape index (κ3) is 2.85. The first-order valence-corrected chi connectivity index (χ1v) is 7.29. The largest absolute Gasteiger partial charge is 0.347 e. The Kier molecular flexibility index (Phi) is 3.93. The maximum atomic E-state index is 12.3. The molecule has 0 unspecified atom stereocenters. The van der Waals surface area contributed by atoms with E-state index in [1.54, 1.807) is 11.3 Å². The van der Waals surface area contributed by atoms with Crippen LogP contribution in [0.5, 0.6) is 0 Å². The van der Waals surface area contributed by atoms with E-state index in [0.29, 0.717) is 5.88 Å². The van der Waals surface area contributed by atoms with Crippen molar-refractivity contribution in [1.82, 2.24) is 5.32 Å².